The number of nitrogens with one attached hydrogen (secondary N) is 2. The molecule has 3 aromatic rings. The lowest BCUT2D eigenvalue weighted by atomic mass is 9.86. The van der Waals surface area contributed by atoms with Crippen LogP contribution in [-0.4, -0.2) is 30.4 Å². The van der Waals surface area contributed by atoms with Crippen LogP contribution in [0.25, 0.3) is 22.6 Å². The van der Waals surface area contributed by atoms with Crippen molar-refractivity contribution in [3.8, 4) is 11.5 Å². The van der Waals surface area contributed by atoms with Gasteiger partial charge in [-0.15, -0.1) is 12.4 Å². The molecule has 5 rings (SSSR count). The van der Waals surface area contributed by atoms with Gasteiger partial charge in [0.05, 0.1) is 11.4 Å². The molecular weight excluding hydrogens is 364 g/mol. The Morgan fingerprint density at radius 2 is 1.85 bits per heavy atom. The molecule has 1 saturated heterocycles. The summed E-state index contributed by atoms with van der Waals surface area (Å²) < 4.78 is 11.4. The maximum absolute atomic E-state index is 6.18. The molecule has 0 saturated carbocycles. The summed E-state index contributed by atoms with van der Waals surface area (Å²) in [6.07, 6.45) is 2.01. The van der Waals surface area contributed by atoms with Gasteiger partial charge in [0.2, 0.25) is 5.89 Å². The number of benzene rings is 2. The van der Waals surface area contributed by atoms with Gasteiger partial charge < -0.3 is 25.5 Å². The minimum absolute atomic E-state index is 0. The third-order valence-electron chi connectivity index (χ3n) is 5.52. The van der Waals surface area contributed by atoms with Gasteiger partial charge >= 0.3 is 0 Å². The van der Waals surface area contributed by atoms with Crippen molar-refractivity contribution in [3.63, 3.8) is 0 Å². The number of nitrogens with two attached hydrogens (primary N) is 1. The van der Waals surface area contributed by atoms with E-state index in [0.717, 1.165) is 54.1 Å². The number of hydrogen-bond donors (Lipinski definition) is 3. The highest BCUT2D eigenvalue weighted by Gasteiger charge is 2.42. The standard InChI is InChI=1S/C20H22N4O2.ClH/c21-12-20(14-7-9-25-10-8-14)23-15-6-5-13(11-17(15)24-20)19-22-16-3-1-2-4-18(16)26-19;/h1-6,11,14,23-24H,7-10,12,21H2;1H. The van der Waals surface area contributed by atoms with E-state index in [2.05, 4.69) is 27.8 Å². The fourth-order valence-corrected chi connectivity index (χ4v) is 4.06. The summed E-state index contributed by atoms with van der Waals surface area (Å²) in [6, 6.07) is 14.0. The fourth-order valence-electron chi connectivity index (χ4n) is 4.06. The Bertz CT molecular complexity index is 921. The van der Waals surface area contributed by atoms with Crippen LogP contribution in [0.5, 0.6) is 0 Å². The van der Waals surface area contributed by atoms with Gasteiger partial charge in [-0.25, -0.2) is 4.98 Å². The third-order valence-corrected chi connectivity index (χ3v) is 5.52. The first-order valence-electron chi connectivity index (χ1n) is 9.12. The predicted octanol–water partition coefficient (Wildman–Crippen LogP) is 3.84. The summed E-state index contributed by atoms with van der Waals surface area (Å²) in [5.74, 6) is 1.06. The number of anilines is 2. The van der Waals surface area contributed by atoms with Crippen LogP contribution < -0.4 is 16.4 Å². The van der Waals surface area contributed by atoms with Crippen molar-refractivity contribution in [1.82, 2.24) is 4.98 Å². The maximum Gasteiger partial charge on any atom is 0.227 e. The molecule has 1 unspecified atom stereocenters. The molecule has 0 amide bonds. The van der Waals surface area contributed by atoms with E-state index in [-0.39, 0.29) is 18.1 Å². The molecule has 0 radical (unpaired) electrons. The Morgan fingerprint density at radius 3 is 2.63 bits per heavy atom. The lowest BCUT2D eigenvalue weighted by molar-refractivity contribution is 0.0497. The van der Waals surface area contributed by atoms with Crippen LogP contribution in [0, 0.1) is 5.92 Å². The van der Waals surface area contributed by atoms with E-state index in [9.17, 15) is 0 Å². The van der Waals surface area contributed by atoms with Crippen LogP contribution in [0.2, 0.25) is 0 Å². The van der Waals surface area contributed by atoms with Gasteiger partial charge in [-0.3, -0.25) is 0 Å². The maximum atomic E-state index is 6.18. The number of nitrogens with zero attached hydrogens (tertiary/aromatic N) is 1. The monoisotopic (exact) mass is 386 g/mol. The van der Waals surface area contributed by atoms with Gasteiger partial charge in [0.25, 0.3) is 0 Å². The highest BCUT2D eigenvalue weighted by molar-refractivity contribution is 5.85. The first-order valence-corrected chi connectivity index (χ1v) is 9.12. The van der Waals surface area contributed by atoms with E-state index in [1.165, 1.54) is 0 Å². The molecule has 1 aromatic heterocycles. The molecule has 4 N–H and O–H groups in total. The van der Waals surface area contributed by atoms with Gasteiger partial charge in [0, 0.05) is 31.2 Å². The van der Waals surface area contributed by atoms with Crippen LogP contribution >= 0.6 is 12.4 Å². The minimum atomic E-state index is -0.313. The molecule has 0 spiro atoms. The third kappa shape index (κ3) is 3.04. The average Bonchev–Trinajstić information content (AvgIpc) is 3.30. The van der Waals surface area contributed by atoms with Gasteiger partial charge in [-0.05, 0) is 43.2 Å². The molecule has 0 bridgehead atoms. The average molecular weight is 387 g/mol. The SMILES string of the molecule is Cl.NCC1(C2CCOCC2)Nc2ccc(-c3nc4ccccc4o3)cc2N1. The topological polar surface area (TPSA) is 85.3 Å². The molecule has 1 atom stereocenters. The highest BCUT2D eigenvalue weighted by atomic mass is 35.5. The van der Waals surface area contributed by atoms with Crippen molar-refractivity contribution in [2.75, 3.05) is 30.4 Å². The Morgan fingerprint density at radius 1 is 1.07 bits per heavy atom. The van der Waals surface area contributed by atoms with Crippen LogP contribution in [0.3, 0.4) is 0 Å². The molecule has 7 heteroatoms. The van der Waals surface area contributed by atoms with E-state index in [0.29, 0.717) is 18.4 Å². The molecule has 3 heterocycles. The number of ether oxygens (including phenoxy) is 1. The Kier molecular flexibility index (Phi) is 4.72. The first kappa shape index (κ1) is 18.1. The summed E-state index contributed by atoms with van der Waals surface area (Å²) in [7, 11) is 0. The number of fused-ring (bicyclic) bond motifs is 2. The second-order valence-corrected chi connectivity index (χ2v) is 7.06. The molecule has 27 heavy (non-hydrogen) atoms. The lowest BCUT2D eigenvalue weighted by Crippen LogP contribution is -2.56. The number of halogens is 1. The number of aromatic nitrogens is 1. The zero-order valence-electron chi connectivity index (χ0n) is 14.9. The first-order chi connectivity index (χ1) is 12.8. The van der Waals surface area contributed by atoms with Crippen molar-refractivity contribution in [2.24, 2.45) is 11.7 Å². The van der Waals surface area contributed by atoms with Crippen molar-refractivity contribution in [1.29, 1.82) is 0 Å². The number of para-hydroxylation sites is 2. The molecule has 2 aromatic carbocycles. The number of oxazole rings is 1. The fraction of sp³-hybridized carbons (Fsp3) is 0.350. The Labute approximate surface area is 163 Å². The van der Waals surface area contributed by atoms with Gasteiger partial charge in [-0.1, -0.05) is 12.1 Å². The summed E-state index contributed by atoms with van der Waals surface area (Å²) >= 11 is 0. The van der Waals surface area contributed by atoms with E-state index >= 15 is 0 Å². The van der Waals surface area contributed by atoms with E-state index in [1.807, 2.05) is 30.3 Å². The van der Waals surface area contributed by atoms with Crippen LogP contribution in [-0.2, 0) is 4.74 Å². The van der Waals surface area contributed by atoms with Crippen LogP contribution in [0.1, 0.15) is 12.8 Å². The summed E-state index contributed by atoms with van der Waals surface area (Å²) in [4.78, 5) is 4.60. The lowest BCUT2D eigenvalue weighted by Gasteiger charge is -2.39. The second kappa shape index (κ2) is 7.03. The highest BCUT2D eigenvalue weighted by Crippen LogP contribution is 2.42. The molecule has 2 aliphatic heterocycles. The molecule has 1 fully saturated rings. The Balaban J connectivity index is 0.00000180. The van der Waals surface area contributed by atoms with E-state index in [4.69, 9.17) is 14.9 Å². The molecule has 6 nitrogen and oxygen atoms in total. The van der Waals surface area contributed by atoms with E-state index < -0.39 is 0 Å². The molecule has 142 valence electrons. The zero-order valence-corrected chi connectivity index (χ0v) is 15.7. The van der Waals surface area contributed by atoms with Gasteiger partial charge in [-0.2, -0.15) is 0 Å². The zero-order chi connectivity index (χ0) is 17.6. The van der Waals surface area contributed by atoms with Crippen molar-refractivity contribution in [3.05, 3.63) is 42.5 Å². The second-order valence-electron chi connectivity index (χ2n) is 7.06. The van der Waals surface area contributed by atoms with E-state index in [1.54, 1.807) is 0 Å². The van der Waals surface area contributed by atoms with Crippen molar-refractivity contribution >= 4 is 34.9 Å². The number of hydrogen-bond acceptors (Lipinski definition) is 6. The summed E-state index contributed by atoms with van der Waals surface area (Å²) in [6.45, 7) is 2.10. The normalized spacial score (nSPS) is 22.0. The van der Waals surface area contributed by atoms with Crippen molar-refractivity contribution < 1.29 is 9.15 Å². The Hall–Kier alpha value is -2.28. The van der Waals surface area contributed by atoms with Gasteiger partial charge in [0.15, 0.2) is 5.58 Å². The molecule has 0 aliphatic carbocycles. The molecule has 2 aliphatic rings. The van der Waals surface area contributed by atoms with Crippen molar-refractivity contribution in [2.45, 2.75) is 18.5 Å². The van der Waals surface area contributed by atoms with Gasteiger partial charge in [0.1, 0.15) is 11.2 Å². The summed E-state index contributed by atoms with van der Waals surface area (Å²) in [5.41, 5.74) is 10.6. The predicted molar refractivity (Wildman–Crippen MR) is 109 cm³/mol. The minimum Gasteiger partial charge on any atom is -0.436 e. The number of rotatable bonds is 3. The molecular formula is C20H23ClN4O2. The largest absolute Gasteiger partial charge is 0.436 e. The van der Waals surface area contributed by atoms with Crippen LogP contribution in [0.4, 0.5) is 11.4 Å². The summed E-state index contributed by atoms with van der Waals surface area (Å²) in [5, 5.41) is 7.28. The quantitative estimate of drug-likeness (QED) is 0.634. The smallest absolute Gasteiger partial charge is 0.227 e. The van der Waals surface area contributed by atoms with Crippen LogP contribution in [0.15, 0.2) is 46.9 Å².